The van der Waals surface area contributed by atoms with E-state index in [2.05, 4.69) is 18.9 Å². The molecular weight excluding hydrogens is 200 g/mol. The normalized spacial score (nSPS) is 20.9. The van der Waals surface area contributed by atoms with E-state index in [-0.39, 0.29) is 11.6 Å². The zero-order valence-corrected chi connectivity index (χ0v) is 10.5. The number of allylic oxidation sites excluding steroid dienone is 1. The largest absolute Gasteiger partial charge is 0.374 e. The van der Waals surface area contributed by atoms with E-state index < -0.39 is 0 Å². The van der Waals surface area contributed by atoms with Crippen molar-refractivity contribution >= 4 is 0 Å². The minimum atomic E-state index is -0.00926. The lowest BCUT2D eigenvalue weighted by atomic mass is 9.88. The van der Waals surface area contributed by atoms with Gasteiger partial charge in [-0.05, 0) is 39.0 Å². The Labute approximate surface area is 99.4 Å². The van der Waals surface area contributed by atoms with Crippen molar-refractivity contribution in [1.82, 2.24) is 5.43 Å². The van der Waals surface area contributed by atoms with Crippen LogP contribution in [0.2, 0.25) is 0 Å². The summed E-state index contributed by atoms with van der Waals surface area (Å²) in [5, 5.41) is 0. The van der Waals surface area contributed by atoms with Gasteiger partial charge < -0.3 is 4.74 Å². The van der Waals surface area contributed by atoms with Gasteiger partial charge in [0.1, 0.15) is 0 Å². The van der Waals surface area contributed by atoms with E-state index in [1.165, 1.54) is 12.8 Å². The molecule has 3 heteroatoms. The molecule has 0 aromatic carbocycles. The fourth-order valence-corrected chi connectivity index (χ4v) is 2.82. The second kappa shape index (κ2) is 7.05. The Morgan fingerprint density at radius 3 is 2.69 bits per heavy atom. The molecule has 0 aliphatic heterocycles. The van der Waals surface area contributed by atoms with Gasteiger partial charge >= 0.3 is 0 Å². The Morgan fingerprint density at radius 1 is 1.50 bits per heavy atom. The van der Waals surface area contributed by atoms with Crippen LogP contribution < -0.4 is 11.3 Å². The van der Waals surface area contributed by atoms with Crippen molar-refractivity contribution in [2.45, 2.75) is 63.5 Å². The maximum atomic E-state index is 6.01. The molecule has 1 saturated carbocycles. The van der Waals surface area contributed by atoms with Crippen LogP contribution in [0.5, 0.6) is 0 Å². The van der Waals surface area contributed by atoms with E-state index in [4.69, 9.17) is 10.6 Å². The van der Waals surface area contributed by atoms with E-state index in [1.807, 2.05) is 6.08 Å². The van der Waals surface area contributed by atoms with E-state index in [9.17, 15) is 0 Å². The lowest BCUT2D eigenvalue weighted by Crippen LogP contribution is -2.53. The molecule has 0 aromatic rings. The molecule has 3 nitrogen and oxygen atoms in total. The van der Waals surface area contributed by atoms with E-state index in [0.29, 0.717) is 0 Å². The first kappa shape index (κ1) is 13.7. The summed E-state index contributed by atoms with van der Waals surface area (Å²) in [6.45, 7) is 6.60. The number of nitrogens with two attached hydrogens (primary N) is 1. The lowest BCUT2D eigenvalue weighted by Gasteiger charge is -2.37. The summed E-state index contributed by atoms with van der Waals surface area (Å²) in [5.74, 6) is 5.69. The fraction of sp³-hybridized carbons (Fsp3) is 0.846. The minimum Gasteiger partial charge on any atom is -0.374 e. The topological polar surface area (TPSA) is 47.3 Å². The molecule has 1 unspecified atom stereocenters. The molecule has 0 spiro atoms. The van der Waals surface area contributed by atoms with Gasteiger partial charge in [0.05, 0.1) is 11.6 Å². The molecule has 0 radical (unpaired) electrons. The first-order chi connectivity index (χ1) is 7.79. The molecule has 0 saturated heterocycles. The van der Waals surface area contributed by atoms with Crippen LogP contribution in [0.25, 0.3) is 0 Å². The zero-order chi connectivity index (χ0) is 11.9. The van der Waals surface area contributed by atoms with Gasteiger partial charge in [0, 0.05) is 6.61 Å². The van der Waals surface area contributed by atoms with E-state index >= 15 is 0 Å². The zero-order valence-electron chi connectivity index (χ0n) is 10.5. The summed E-state index contributed by atoms with van der Waals surface area (Å²) in [7, 11) is 0. The Balaban J connectivity index is 2.54. The Kier molecular flexibility index (Phi) is 6.03. The lowest BCUT2D eigenvalue weighted by molar-refractivity contribution is -0.0635. The highest BCUT2D eigenvalue weighted by molar-refractivity contribution is 4.96. The SMILES string of the molecule is C=CCCCC(NN)C1(OCC)CCCC1. The molecule has 16 heavy (non-hydrogen) atoms. The summed E-state index contributed by atoms with van der Waals surface area (Å²) in [6, 6.07) is 0.287. The average molecular weight is 226 g/mol. The second-order valence-electron chi connectivity index (χ2n) is 4.64. The van der Waals surface area contributed by atoms with Gasteiger partial charge in [-0.1, -0.05) is 18.9 Å². The number of rotatable bonds is 8. The number of ether oxygens (including phenoxy) is 1. The quantitative estimate of drug-likeness (QED) is 0.289. The highest BCUT2D eigenvalue weighted by atomic mass is 16.5. The monoisotopic (exact) mass is 226 g/mol. The Hall–Kier alpha value is -0.380. The van der Waals surface area contributed by atoms with Crippen LogP contribution in [-0.2, 0) is 4.74 Å². The number of hydrazine groups is 1. The Morgan fingerprint density at radius 2 is 2.19 bits per heavy atom. The van der Waals surface area contributed by atoms with Crippen molar-refractivity contribution in [3.8, 4) is 0 Å². The maximum Gasteiger partial charge on any atom is 0.0848 e. The molecule has 1 atom stereocenters. The van der Waals surface area contributed by atoms with Crippen molar-refractivity contribution in [3.05, 3.63) is 12.7 Å². The van der Waals surface area contributed by atoms with Gasteiger partial charge in [-0.2, -0.15) is 0 Å². The van der Waals surface area contributed by atoms with Crippen LogP contribution in [0.4, 0.5) is 0 Å². The van der Waals surface area contributed by atoms with Gasteiger partial charge in [0.15, 0.2) is 0 Å². The van der Waals surface area contributed by atoms with Crippen molar-refractivity contribution in [2.24, 2.45) is 5.84 Å². The van der Waals surface area contributed by atoms with Crippen molar-refractivity contribution in [3.63, 3.8) is 0 Å². The predicted molar refractivity (Wildman–Crippen MR) is 68.0 cm³/mol. The molecule has 1 rings (SSSR count). The Bertz CT molecular complexity index is 200. The molecular formula is C13H26N2O. The van der Waals surface area contributed by atoms with Gasteiger partial charge in [0.2, 0.25) is 0 Å². The van der Waals surface area contributed by atoms with Gasteiger partial charge in [-0.25, -0.2) is 0 Å². The molecule has 0 heterocycles. The van der Waals surface area contributed by atoms with Crippen LogP contribution in [0.3, 0.4) is 0 Å². The summed E-state index contributed by atoms with van der Waals surface area (Å²) < 4.78 is 6.01. The third kappa shape index (κ3) is 3.30. The smallest absolute Gasteiger partial charge is 0.0848 e. The van der Waals surface area contributed by atoms with Gasteiger partial charge in [0.25, 0.3) is 0 Å². The van der Waals surface area contributed by atoms with Crippen molar-refractivity contribution in [1.29, 1.82) is 0 Å². The summed E-state index contributed by atoms with van der Waals surface area (Å²) >= 11 is 0. The number of hydrogen-bond donors (Lipinski definition) is 2. The molecule has 1 aliphatic carbocycles. The second-order valence-corrected chi connectivity index (χ2v) is 4.64. The summed E-state index contributed by atoms with van der Waals surface area (Å²) in [6.07, 6.45) is 10.0. The standard InChI is InChI=1S/C13H26N2O/c1-3-5-6-9-12(15-14)13(16-4-2)10-7-8-11-13/h3,12,15H,1,4-11,14H2,2H3. The molecule has 0 amide bonds. The van der Waals surface area contributed by atoms with Crippen LogP contribution in [0, 0.1) is 0 Å². The van der Waals surface area contributed by atoms with Gasteiger partial charge in [-0.15, -0.1) is 6.58 Å². The van der Waals surface area contributed by atoms with Crippen LogP contribution in [0.15, 0.2) is 12.7 Å². The highest BCUT2D eigenvalue weighted by Crippen LogP contribution is 2.37. The summed E-state index contributed by atoms with van der Waals surface area (Å²) in [4.78, 5) is 0. The third-order valence-electron chi connectivity index (χ3n) is 3.62. The first-order valence-corrected chi connectivity index (χ1v) is 6.50. The number of nitrogens with one attached hydrogen (secondary N) is 1. The van der Waals surface area contributed by atoms with E-state index in [0.717, 1.165) is 38.7 Å². The number of hydrogen-bond acceptors (Lipinski definition) is 3. The molecule has 0 bridgehead atoms. The third-order valence-corrected chi connectivity index (χ3v) is 3.62. The molecule has 94 valence electrons. The first-order valence-electron chi connectivity index (χ1n) is 6.50. The van der Waals surface area contributed by atoms with Crippen LogP contribution >= 0.6 is 0 Å². The highest BCUT2D eigenvalue weighted by Gasteiger charge is 2.41. The molecule has 1 aliphatic rings. The number of unbranched alkanes of at least 4 members (excludes halogenated alkanes) is 1. The van der Waals surface area contributed by atoms with Crippen molar-refractivity contribution in [2.75, 3.05) is 6.61 Å². The van der Waals surface area contributed by atoms with Gasteiger partial charge in [-0.3, -0.25) is 11.3 Å². The molecule has 3 N–H and O–H groups in total. The van der Waals surface area contributed by atoms with Crippen LogP contribution in [-0.4, -0.2) is 18.2 Å². The molecule has 0 aromatic heterocycles. The van der Waals surface area contributed by atoms with Crippen LogP contribution in [0.1, 0.15) is 51.9 Å². The fourth-order valence-electron chi connectivity index (χ4n) is 2.82. The summed E-state index contributed by atoms with van der Waals surface area (Å²) in [5.41, 5.74) is 2.96. The van der Waals surface area contributed by atoms with Crippen molar-refractivity contribution < 1.29 is 4.74 Å². The van der Waals surface area contributed by atoms with E-state index in [1.54, 1.807) is 0 Å². The predicted octanol–water partition coefficient (Wildman–Crippen LogP) is 2.52. The minimum absolute atomic E-state index is 0.00926. The maximum absolute atomic E-state index is 6.01. The average Bonchev–Trinajstić information content (AvgIpc) is 2.74. The molecule has 1 fully saturated rings.